The van der Waals surface area contributed by atoms with Crippen LogP contribution in [-0.4, -0.2) is 70.3 Å². The summed E-state index contributed by atoms with van der Waals surface area (Å²) in [6.07, 6.45) is 2.45. The molecule has 5 nitrogen and oxygen atoms in total. The number of hydrogen-bond donors (Lipinski definition) is 2. The fraction of sp³-hybridized carbons (Fsp3) is 0.933. The molecule has 1 atom stereocenters. The zero-order valence-electron chi connectivity index (χ0n) is 12.7. The Labute approximate surface area is 121 Å². The monoisotopic (exact) mass is 284 g/mol. The van der Waals surface area contributed by atoms with Gasteiger partial charge in [-0.1, -0.05) is 6.92 Å². The molecule has 0 aromatic heterocycles. The second-order valence-electron chi connectivity index (χ2n) is 6.55. The van der Waals surface area contributed by atoms with Gasteiger partial charge in [-0.2, -0.15) is 0 Å². The van der Waals surface area contributed by atoms with Crippen LogP contribution >= 0.6 is 0 Å². The van der Waals surface area contributed by atoms with Crippen molar-refractivity contribution in [3.8, 4) is 0 Å². The average Bonchev–Trinajstić information content (AvgIpc) is 2.39. The van der Waals surface area contributed by atoms with Crippen molar-refractivity contribution in [2.75, 3.05) is 32.7 Å². The molecule has 1 saturated heterocycles. The normalized spacial score (nSPS) is 37.0. The molecular weight excluding hydrogens is 256 g/mol. The highest BCUT2D eigenvalue weighted by molar-refractivity contribution is 5.70. The number of piperazine rings is 1. The molecule has 1 unspecified atom stereocenters. The van der Waals surface area contributed by atoms with Gasteiger partial charge in [0.05, 0.1) is 11.5 Å². The molecule has 0 radical (unpaired) electrons. The number of likely N-dealkylation sites (N-methyl/N-ethyl adjacent to an activating group) is 1. The number of aliphatic hydroxyl groups is 1. The summed E-state index contributed by atoms with van der Waals surface area (Å²) in [5.41, 5.74) is -0.681. The van der Waals surface area contributed by atoms with E-state index in [9.17, 15) is 9.90 Å². The third kappa shape index (κ3) is 3.71. The quantitative estimate of drug-likeness (QED) is 0.807. The van der Waals surface area contributed by atoms with Gasteiger partial charge in [0.1, 0.15) is 0 Å². The van der Waals surface area contributed by atoms with Crippen molar-refractivity contribution >= 4 is 5.97 Å². The van der Waals surface area contributed by atoms with Crippen molar-refractivity contribution in [1.82, 2.24) is 9.80 Å². The second-order valence-corrected chi connectivity index (χ2v) is 6.55. The van der Waals surface area contributed by atoms with Gasteiger partial charge in [0, 0.05) is 32.2 Å². The molecular formula is C15H28N2O3. The van der Waals surface area contributed by atoms with E-state index in [1.54, 1.807) is 0 Å². The van der Waals surface area contributed by atoms with E-state index < -0.39 is 11.6 Å². The fourth-order valence-electron chi connectivity index (χ4n) is 3.66. The van der Waals surface area contributed by atoms with Gasteiger partial charge >= 0.3 is 5.97 Å². The molecule has 2 N–H and O–H groups in total. The van der Waals surface area contributed by atoms with Crippen molar-refractivity contribution in [2.45, 2.75) is 51.2 Å². The predicted molar refractivity (Wildman–Crippen MR) is 77.7 cm³/mol. The van der Waals surface area contributed by atoms with E-state index in [0.717, 1.165) is 26.2 Å². The number of carboxylic acids is 1. The Morgan fingerprint density at radius 2 is 1.95 bits per heavy atom. The van der Waals surface area contributed by atoms with Crippen LogP contribution in [-0.2, 0) is 4.79 Å². The zero-order valence-corrected chi connectivity index (χ0v) is 12.7. The molecule has 1 saturated carbocycles. The third-order valence-corrected chi connectivity index (χ3v) is 5.04. The van der Waals surface area contributed by atoms with Crippen LogP contribution in [0.15, 0.2) is 0 Å². The molecule has 0 spiro atoms. The summed E-state index contributed by atoms with van der Waals surface area (Å²) in [5, 5.41) is 19.7. The summed E-state index contributed by atoms with van der Waals surface area (Å²) in [6, 6.07) is 0.535. The lowest BCUT2D eigenvalue weighted by atomic mass is 9.78. The standard InChI is InChI=1S/C15H28N2O3/c1-3-17-9-8-16(10-12(17)2)11-15(20)6-4-13(5-7-15)14(18)19/h12-13,20H,3-11H2,1-2H3,(H,18,19). The fourth-order valence-corrected chi connectivity index (χ4v) is 3.66. The Morgan fingerprint density at radius 3 is 2.45 bits per heavy atom. The van der Waals surface area contributed by atoms with E-state index in [4.69, 9.17) is 5.11 Å². The maximum absolute atomic E-state index is 11.0. The van der Waals surface area contributed by atoms with Crippen molar-refractivity contribution in [3.05, 3.63) is 0 Å². The summed E-state index contributed by atoms with van der Waals surface area (Å²) in [6.45, 7) is 9.27. The highest BCUT2D eigenvalue weighted by Crippen LogP contribution is 2.33. The molecule has 1 aliphatic heterocycles. The summed E-state index contributed by atoms with van der Waals surface area (Å²) < 4.78 is 0. The van der Waals surface area contributed by atoms with E-state index in [1.165, 1.54) is 0 Å². The van der Waals surface area contributed by atoms with E-state index in [0.29, 0.717) is 38.3 Å². The van der Waals surface area contributed by atoms with E-state index in [2.05, 4.69) is 23.6 Å². The van der Waals surface area contributed by atoms with E-state index in [-0.39, 0.29) is 5.92 Å². The first-order chi connectivity index (χ1) is 9.43. The predicted octanol–water partition coefficient (Wildman–Crippen LogP) is 1.02. The van der Waals surface area contributed by atoms with Crippen LogP contribution < -0.4 is 0 Å². The molecule has 0 aromatic carbocycles. The maximum atomic E-state index is 11.0. The molecule has 0 aromatic rings. The summed E-state index contributed by atoms with van der Waals surface area (Å²) >= 11 is 0. The number of hydrogen-bond acceptors (Lipinski definition) is 4. The molecule has 2 rings (SSSR count). The molecule has 0 amide bonds. The van der Waals surface area contributed by atoms with Crippen LogP contribution in [0.25, 0.3) is 0 Å². The first kappa shape index (κ1) is 15.7. The lowest BCUT2D eigenvalue weighted by Crippen LogP contribution is -2.56. The SMILES string of the molecule is CCN1CCN(CC2(O)CCC(C(=O)O)CC2)CC1C. The Hall–Kier alpha value is -0.650. The number of aliphatic carboxylic acids is 1. The number of β-amino-alcohol motifs (C(OH)–C–C–N with tert-alkyl or cyclic N) is 1. The van der Waals surface area contributed by atoms with Crippen LogP contribution in [0, 0.1) is 5.92 Å². The minimum Gasteiger partial charge on any atom is -0.481 e. The van der Waals surface area contributed by atoms with Crippen molar-refractivity contribution in [3.63, 3.8) is 0 Å². The Balaban J connectivity index is 1.83. The van der Waals surface area contributed by atoms with Crippen LogP contribution in [0.5, 0.6) is 0 Å². The molecule has 1 aliphatic carbocycles. The molecule has 2 fully saturated rings. The van der Waals surface area contributed by atoms with Crippen LogP contribution in [0.4, 0.5) is 0 Å². The Kier molecular flexibility index (Phi) is 5.04. The van der Waals surface area contributed by atoms with Gasteiger partial charge in [-0.25, -0.2) is 0 Å². The number of rotatable bonds is 4. The maximum Gasteiger partial charge on any atom is 0.306 e. The molecule has 116 valence electrons. The van der Waals surface area contributed by atoms with Gasteiger partial charge in [0.25, 0.3) is 0 Å². The van der Waals surface area contributed by atoms with Crippen molar-refractivity contribution in [2.24, 2.45) is 5.92 Å². The lowest BCUT2D eigenvalue weighted by molar-refractivity contribution is -0.145. The average molecular weight is 284 g/mol. The van der Waals surface area contributed by atoms with Crippen LogP contribution in [0.2, 0.25) is 0 Å². The van der Waals surface area contributed by atoms with Gasteiger partial charge in [0.15, 0.2) is 0 Å². The molecule has 2 aliphatic rings. The lowest BCUT2D eigenvalue weighted by Gasteiger charge is -2.44. The van der Waals surface area contributed by atoms with Gasteiger partial charge in [-0.15, -0.1) is 0 Å². The van der Waals surface area contributed by atoms with Crippen molar-refractivity contribution < 1.29 is 15.0 Å². The number of carbonyl (C=O) groups is 1. The zero-order chi connectivity index (χ0) is 14.8. The Bertz CT molecular complexity index is 340. The summed E-state index contributed by atoms with van der Waals surface area (Å²) in [5.74, 6) is -0.969. The van der Waals surface area contributed by atoms with Gasteiger partial charge in [-0.05, 0) is 39.2 Å². The molecule has 5 heteroatoms. The largest absolute Gasteiger partial charge is 0.481 e. The second kappa shape index (κ2) is 6.41. The third-order valence-electron chi connectivity index (χ3n) is 5.04. The molecule has 0 bridgehead atoms. The topological polar surface area (TPSA) is 64.0 Å². The number of carboxylic acid groups (broad SMARTS) is 1. The number of nitrogens with zero attached hydrogens (tertiary/aromatic N) is 2. The highest BCUT2D eigenvalue weighted by Gasteiger charge is 2.38. The van der Waals surface area contributed by atoms with E-state index >= 15 is 0 Å². The smallest absolute Gasteiger partial charge is 0.306 e. The van der Waals surface area contributed by atoms with Gasteiger partial charge in [0.2, 0.25) is 0 Å². The first-order valence-electron chi connectivity index (χ1n) is 7.85. The minimum absolute atomic E-state index is 0.258. The first-order valence-corrected chi connectivity index (χ1v) is 7.85. The molecule has 1 heterocycles. The molecule has 20 heavy (non-hydrogen) atoms. The highest BCUT2D eigenvalue weighted by atomic mass is 16.4. The van der Waals surface area contributed by atoms with Crippen LogP contribution in [0.1, 0.15) is 39.5 Å². The Morgan fingerprint density at radius 1 is 1.30 bits per heavy atom. The van der Waals surface area contributed by atoms with Gasteiger partial charge < -0.3 is 10.2 Å². The summed E-state index contributed by atoms with van der Waals surface area (Å²) in [7, 11) is 0. The van der Waals surface area contributed by atoms with Crippen molar-refractivity contribution in [1.29, 1.82) is 0 Å². The van der Waals surface area contributed by atoms with Gasteiger partial charge in [-0.3, -0.25) is 14.6 Å². The summed E-state index contributed by atoms with van der Waals surface area (Å²) in [4.78, 5) is 15.8. The van der Waals surface area contributed by atoms with Crippen LogP contribution in [0.3, 0.4) is 0 Å². The minimum atomic E-state index is -0.711. The van der Waals surface area contributed by atoms with E-state index in [1.807, 2.05) is 0 Å².